The Morgan fingerprint density at radius 2 is 1.80 bits per heavy atom. The second-order valence-electron chi connectivity index (χ2n) is 3.34. The van der Waals surface area contributed by atoms with Crippen LogP contribution in [0.5, 0.6) is 0 Å². The third-order valence-corrected chi connectivity index (χ3v) is 3.32. The van der Waals surface area contributed by atoms with Crippen molar-refractivity contribution < 1.29 is 0 Å². The van der Waals surface area contributed by atoms with E-state index in [2.05, 4.69) is 50.8 Å². The van der Waals surface area contributed by atoms with Crippen molar-refractivity contribution in [3.63, 3.8) is 0 Å². The molecule has 0 N–H and O–H groups in total. The molecule has 3 heteroatoms. The Morgan fingerprint density at radius 1 is 0.867 bits per heavy atom. The number of hydrogen-bond donors (Lipinski definition) is 0. The molecule has 0 bridgehead atoms. The Kier molecular flexibility index (Phi) is 2.05. The summed E-state index contributed by atoms with van der Waals surface area (Å²) in [6.45, 7) is 0. The fourth-order valence-corrected chi connectivity index (χ4v) is 2.39. The summed E-state index contributed by atoms with van der Waals surface area (Å²) in [7, 11) is 0. The minimum atomic E-state index is 1.03. The van der Waals surface area contributed by atoms with Gasteiger partial charge < -0.3 is 0 Å². The second kappa shape index (κ2) is 3.41. The Labute approximate surface area is 100 Å². The molecule has 0 saturated heterocycles. The number of nitrogens with zero attached hydrogens (tertiary/aromatic N) is 2. The average Bonchev–Trinajstić information content (AvgIpc) is 2.29. The van der Waals surface area contributed by atoms with E-state index in [-0.39, 0.29) is 0 Å². The smallest absolute Gasteiger partial charge is 0.109 e. The fraction of sp³-hybridized carbons (Fsp3) is 0. The largest absolute Gasteiger partial charge is 0.256 e. The summed E-state index contributed by atoms with van der Waals surface area (Å²) in [6, 6.07) is 10.3. The van der Waals surface area contributed by atoms with Gasteiger partial charge in [-0.05, 0) is 34.7 Å². The Balaban J connectivity index is 2.60. The van der Waals surface area contributed by atoms with Crippen LogP contribution in [0.15, 0.2) is 42.7 Å². The highest BCUT2D eigenvalue weighted by Gasteiger charge is 2.03. The van der Waals surface area contributed by atoms with Crippen molar-refractivity contribution >= 4 is 44.3 Å². The molecule has 0 saturated carbocycles. The lowest BCUT2D eigenvalue weighted by atomic mass is 10.1. The molecule has 1 aromatic carbocycles. The maximum atomic E-state index is 4.42. The summed E-state index contributed by atoms with van der Waals surface area (Å²) < 4.78 is 1.03. The average molecular weight is 306 g/mol. The molecule has 2 heterocycles. The molecular formula is C12H7IN2. The molecule has 0 aliphatic heterocycles. The van der Waals surface area contributed by atoms with E-state index in [4.69, 9.17) is 0 Å². The van der Waals surface area contributed by atoms with Crippen LogP contribution >= 0.6 is 22.6 Å². The minimum Gasteiger partial charge on any atom is -0.256 e. The highest BCUT2D eigenvalue weighted by atomic mass is 127. The quantitative estimate of drug-likeness (QED) is 0.361. The standard InChI is InChI=1S/C12H7IN2/c13-12-10-4-3-8-2-1-6-14-11(8)9(10)5-7-15-12/h1-7H. The zero-order valence-electron chi connectivity index (χ0n) is 7.81. The van der Waals surface area contributed by atoms with Crippen LogP contribution in [0.4, 0.5) is 0 Å². The first-order chi connectivity index (χ1) is 7.36. The lowest BCUT2D eigenvalue weighted by Gasteiger charge is -2.03. The van der Waals surface area contributed by atoms with Crippen LogP contribution in [0, 0.1) is 3.70 Å². The minimum absolute atomic E-state index is 1.03. The first kappa shape index (κ1) is 9.03. The van der Waals surface area contributed by atoms with Gasteiger partial charge in [-0.25, -0.2) is 4.98 Å². The van der Waals surface area contributed by atoms with Crippen molar-refractivity contribution in [2.75, 3.05) is 0 Å². The summed E-state index contributed by atoms with van der Waals surface area (Å²) in [5.74, 6) is 0. The molecule has 0 aliphatic carbocycles. The van der Waals surface area contributed by atoms with Gasteiger partial charge in [0.15, 0.2) is 0 Å². The van der Waals surface area contributed by atoms with Crippen LogP contribution in [0.25, 0.3) is 21.7 Å². The third kappa shape index (κ3) is 1.38. The molecule has 3 aromatic rings. The Hall–Kier alpha value is -1.23. The maximum Gasteiger partial charge on any atom is 0.109 e. The monoisotopic (exact) mass is 306 g/mol. The molecular weight excluding hydrogens is 299 g/mol. The number of aromatic nitrogens is 2. The fourth-order valence-electron chi connectivity index (χ4n) is 1.76. The van der Waals surface area contributed by atoms with Gasteiger partial charge in [0.05, 0.1) is 5.52 Å². The normalized spacial score (nSPS) is 11.0. The SMILES string of the molecule is Ic1nccc2c1ccc1cccnc12. The van der Waals surface area contributed by atoms with E-state index in [1.165, 1.54) is 16.2 Å². The number of rotatable bonds is 0. The van der Waals surface area contributed by atoms with Crippen molar-refractivity contribution in [2.24, 2.45) is 0 Å². The molecule has 0 radical (unpaired) electrons. The van der Waals surface area contributed by atoms with Crippen LogP contribution in [0.2, 0.25) is 0 Å². The van der Waals surface area contributed by atoms with E-state index in [9.17, 15) is 0 Å². The van der Waals surface area contributed by atoms with Gasteiger partial charge >= 0.3 is 0 Å². The number of pyridine rings is 2. The molecule has 0 fully saturated rings. The molecule has 0 aliphatic rings. The summed E-state index contributed by atoms with van der Waals surface area (Å²) >= 11 is 2.25. The van der Waals surface area contributed by atoms with Crippen LogP contribution in [0.1, 0.15) is 0 Å². The van der Waals surface area contributed by atoms with E-state index in [0.717, 1.165) is 9.22 Å². The lowest BCUT2D eigenvalue weighted by Crippen LogP contribution is -1.85. The second-order valence-corrected chi connectivity index (χ2v) is 4.36. The van der Waals surface area contributed by atoms with Crippen LogP contribution in [0.3, 0.4) is 0 Å². The Morgan fingerprint density at radius 3 is 2.73 bits per heavy atom. The number of hydrogen-bond acceptors (Lipinski definition) is 2. The molecule has 0 spiro atoms. The summed E-state index contributed by atoms with van der Waals surface area (Å²) in [5.41, 5.74) is 1.05. The third-order valence-electron chi connectivity index (χ3n) is 2.47. The van der Waals surface area contributed by atoms with Gasteiger partial charge in [-0.3, -0.25) is 4.98 Å². The molecule has 3 rings (SSSR count). The van der Waals surface area contributed by atoms with Crippen LogP contribution in [-0.2, 0) is 0 Å². The molecule has 0 unspecified atom stereocenters. The highest BCUT2D eigenvalue weighted by Crippen LogP contribution is 2.25. The molecule has 0 amide bonds. The summed E-state index contributed by atoms with van der Waals surface area (Å²) in [6.07, 6.45) is 3.66. The van der Waals surface area contributed by atoms with E-state index >= 15 is 0 Å². The topological polar surface area (TPSA) is 25.8 Å². The predicted octanol–water partition coefficient (Wildman–Crippen LogP) is 3.39. The molecule has 15 heavy (non-hydrogen) atoms. The van der Waals surface area contributed by atoms with Crippen molar-refractivity contribution in [2.45, 2.75) is 0 Å². The number of fused-ring (bicyclic) bond motifs is 3. The van der Waals surface area contributed by atoms with Crippen LogP contribution < -0.4 is 0 Å². The summed E-state index contributed by atoms with van der Waals surface area (Å²) in [4.78, 5) is 8.69. The number of benzene rings is 1. The van der Waals surface area contributed by atoms with Crippen LogP contribution in [-0.4, -0.2) is 9.97 Å². The number of halogens is 1. The molecule has 2 aromatic heterocycles. The van der Waals surface area contributed by atoms with E-state index in [1.807, 2.05) is 24.5 Å². The lowest BCUT2D eigenvalue weighted by molar-refractivity contribution is 1.31. The zero-order chi connectivity index (χ0) is 10.3. The van der Waals surface area contributed by atoms with Crippen molar-refractivity contribution in [3.05, 3.63) is 46.4 Å². The maximum absolute atomic E-state index is 4.42. The molecule has 2 nitrogen and oxygen atoms in total. The van der Waals surface area contributed by atoms with Gasteiger partial charge in [0.1, 0.15) is 3.70 Å². The zero-order valence-corrected chi connectivity index (χ0v) is 9.97. The van der Waals surface area contributed by atoms with Gasteiger partial charge in [0, 0.05) is 28.6 Å². The highest BCUT2D eigenvalue weighted by molar-refractivity contribution is 14.1. The molecule has 72 valence electrons. The van der Waals surface area contributed by atoms with E-state index in [1.54, 1.807) is 0 Å². The van der Waals surface area contributed by atoms with E-state index < -0.39 is 0 Å². The van der Waals surface area contributed by atoms with Crippen molar-refractivity contribution in [3.8, 4) is 0 Å². The van der Waals surface area contributed by atoms with Gasteiger partial charge in [0.25, 0.3) is 0 Å². The Bertz CT molecular complexity index is 649. The molecule has 0 atom stereocenters. The van der Waals surface area contributed by atoms with Gasteiger partial charge in [-0.2, -0.15) is 0 Å². The first-order valence-electron chi connectivity index (χ1n) is 4.64. The van der Waals surface area contributed by atoms with E-state index in [0.29, 0.717) is 0 Å². The van der Waals surface area contributed by atoms with Crippen molar-refractivity contribution in [1.82, 2.24) is 9.97 Å². The van der Waals surface area contributed by atoms with Gasteiger partial charge in [0.2, 0.25) is 0 Å². The van der Waals surface area contributed by atoms with Gasteiger partial charge in [-0.15, -0.1) is 0 Å². The first-order valence-corrected chi connectivity index (χ1v) is 5.72. The van der Waals surface area contributed by atoms with Gasteiger partial charge in [-0.1, -0.05) is 18.2 Å². The predicted molar refractivity (Wildman–Crippen MR) is 69.8 cm³/mol. The van der Waals surface area contributed by atoms with Crippen molar-refractivity contribution in [1.29, 1.82) is 0 Å². The summed E-state index contributed by atoms with van der Waals surface area (Å²) in [5, 5.41) is 3.52.